The third-order valence-electron chi connectivity index (χ3n) is 9.92. The van der Waals surface area contributed by atoms with E-state index in [1.807, 2.05) is 42.5 Å². The van der Waals surface area contributed by atoms with Crippen molar-refractivity contribution in [2.45, 2.75) is 113 Å². The summed E-state index contributed by atoms with van der Waals surface area (Å²) in [5.41, 5.74) is -1.90. The second kappa shape index (κ2) is 14.3. The zero-order chi connectivity index (χ0) is 36.6. The van der Waals surface area contributed by atoms with Gasteiger partial charge in [0, 0.05) is 24.1 Å². The van der Waals surface area contributed by atoms with Crippen molar-refractivity contribution in [3.63, 3.8) is 0 Å². The number of rotatable bonds is 6. The Morgan fingerprint density at radius 3 is 2.43 bits per heavy atom. The molecule has 51 heavy (non-hydrogen) atoms. The van der Waals surface area contributed by atoms with E-state index in [9.17, 15) is 32.4 Å². The quantitative estimate of drug-likeness (QED) is 0.328. The van der Waals surface area contributed by atoms with E-state index >= 15 is 0 Å². The van der Waals surface area contributed by atoms with E-state index in [1.165, 1.54) is 4.90 Å². The molecule has 2 aromatic carbocycles. The van der Waals surface area contributed by atoms with Gasteiger partial charge in [-0.3, -0.25) is 23.9 Å². The van der Waals surface area contributed by atoms with E-state index < -0.39 is 74.3 Å². The van der Waals surface area contributed by atoms with Gasteiger partial charge < -0.3 is 25.6 Å². The van der Waals surface area contributed by atoms with Crippen LogP contribution in [0.15, 0.2) is 54.6 Å². The Labute approximate surface area is 298 Å². The molecule has 0 spiro atoms. The molecule has 0 unspecified atom stereocenters. The van der Waals surface area contributed by atoms with Crippen molar-refractivity contribution in [2.24, 2.45) is 5.92 Å². The van der Waals surface area contributed by atoms with Gasteiger partial charge in [-0.25, -0.2) is 13.2 Å². The normalized spacial score (nSPS) is 27.2. The minimum atomic E-state index is -3.89. The van der Waals surface area contributed by atoms with Crippen LogP contribution >= 0.6 is 0 Å². The van der Waals surface area contributed by atoms with Gasteiger partial charge in [0.15, 0.2) is 0 Å². The minimum absolute atomic E-state index is 0.0265. The number of hydrogen-bond donors (Lipinski definition) is 4. The van der Waals surface area contributed by atoms with Gasteiger partial charge in [0.05, 0.1) is 5.25 Å². The average Bonchev–Trinajstić information content (AvgIpc) is 3.99. The SMILES string of the molecule is CC(C)(C)OC(=O)N[C@H]1CCCCCC=C[C@@H]2C[C@@]2(C(=O)NS(=O)(=O)C2CC2)NC(=O)[C@@H]2C[C@@H](NC(=O)c3ccc4ccccc4c3)CN2C1=O. The number of benzene rings is 2. The number of alkyl carbamates (subject to hydrolysis) is 1. The Hall–Kier alpha value is -4.46. The Balaban J connectivity index is 1.27. The molecule has 3 fully saturated rings. The summed E-state index contributed by atoms with van der Waals surface area (Å²) in [4.78, 5) is 69.9. The number of ether oxygens (including phenoxy) is 1. The van der Waals surface area contributed by atoms with Crippen molar-refractivity contribution in [3.05, 3.63) is 60.2 Å². The van der Waals surface area contributed by atoms with Crippen LogP contribution in [0.25, 0.3) is 10.8 Å². The molecule has 4 aliphatic rings. The van der Waals surface area contributed by atoms with E-state index in [0.717, 1.165) is 23.6 Å². The lowest BCUT2D eigenvalue weighted by Crippen LogP contribution is -2.58. The number of sulfonamides is 1. The molecule has 13 nitrogen and oxygen atoms in total. The molecule has 2 heterocycles. The summed E-state index contributed by atoms with van der Waals surface area (Å²) in [6.07, 6.45) is 7.33. The Kier molecular flexibility index (Phi) is 10.2. The van der Waals surface area contributed by atoms with Gasteiger partial charge in [0.1, 0.15) is 23.2 Å². The zero-order valence-electron chi connectivity index (χ0n) is 29.3. The average molecular weight is 722 g/mol. The minimum Gasteiger partial charge on any atom is -0.444 e. The van der Waals surface area contributed by atoms with Crippen LogP contribution < -0.4 is 20.7 Å². The summed E-state index contributed by atoms with van der Waals surface area (Å²) >= 11 is 0. The number of amides is 5. The predicted octanol–water partition coefficient (Wildman–Crippen LogP) is 3.44. The maximum Gasteiger partial charge on any atom is 0.408 e. The van der Waals surface area contributed by atoms with Gasteiger partial charge >= 0.3 is 6.09 Å². The fourth-order valence-corrected chi connectivity index (χ4v) is 8.32. The zero-order valence-corrected chi connectivity index (χ0v) is 30.1. The molecule has 274 valence electrons. The molecule has 5 atom stereocenters. The highest BCUT2D eigenvalue weighted by atomic mass is 32.2. The van der Waals surface area contributed by atoms with Crippen LogP contribution in [0, 0.1) is 5.92 Å². The smallest absolute Gasteiger partial charge is 0.408 e. The molecule has 2 aliphatic carbocycles. The van der Waals surface area contributed by atoms with E-state index in [1.54, 1.807) is 32.9 Å². The fraction of sp³-hybridized carbons (Fsp3) is 0.541. The van der Waals surface area contributed by atoms with Crippen molar-refractivity contribution in [3.8, 4) is 0 Å². The summed E-state index contributed by atoms with van der Waals surface area (Å²) < 4.78 is 33.2. The number of allylic oxidation sites excluding steroid dienone is 1. The maximum absolute atomic E-state index is 14.3. The third-order valence-corrected chi connectivity index (χ3v) is 11.7. The van der Waals surface area contributed by atoms with Crippen molar-refractivity contribution >= 4 is 50.5 Å². The van der Waals surface area contributed by atoms with Gasteiger partial charge in [-0.2, -0.15) is 0 Å². The van der Waals surface area contributed by atoms with Crippen molar-refractivity contribution in [1.29, 1.82) is 0 Å². The number of carbonyl (C=O) groups excluding carboxylic acids is 5. The molecule has 2 saturated carbocycles. The number of nitrogens with zero attached hydrogens (tertiary/aromatic N) is 1. The van der Waals surface area contributed by atoms with Gasteiger partial charge in [-0.1, -0.05) is 55.3 Å². The molecule has 2 aliphatic heterocycles. The maximum atomic E-state index is 14.3. The van der Waals surface area contributed by atoms with E-state index in [4.69, 9.17) is 4.74 Å². The van der Waals surface area contributed by atoms with Crippen LogP contribution in [0.1, 0.15) is 88.9 Å². The highest BCUT2D eigenvalue weighted by Crippen LogP contribution is 2.46. The lowest BCUT2D eigenvalue weighted by atomic mass is 10.0. The van der Waals surface area contributed by atoms with Crippen molar-refractivity contribution in [2.75, 3.05) is 6.54 Å². The highest BCUT2D eigenvalue weighted by Gasteiger charge is 2.62. The molecule has 2 aromatic rings. The molecule has 6 rings (SSSR count). The lowest BCUT2D eigenvalue weighted by molar-refractivity contribution is -0.141. The summed E-state index contributed by atoms with van der Waals surface area (Å²) in [5, 5.41) is 9.76. The summed E-state index contributed by atoms with van der Waals surface area (Å²) in [5.74, 6) is -2.77. The first-order valence-electron chi connectivity index (χ1n) is 17.8. The first-order valence-corrected chi connectivity index (χ1v) is 19.3. The van der Waals surface area contributed by atoms with Crippen LogP contribution in [-0.2, 0) is 29.1 Å². The third kappa shape index (κ3) is 8.54. The first-order chi connectivity index (χ1) is 24.1. The number of carbonyl (C=O) groups is 5. The van der Waals surface area contributed by atoms with Crippen LogP contribution in [0.5, 0.6) is 0 Å². The van der Waals surface area contributed by atoms with Crippen LogP contribution in [0.4, 0.5) is 4.79 Å². The molecule has 14 heteroatoms. The fourth-order valence-electron chi connectivity index (χ4n) is 6.95. The Morgan fingerprint density at radius 1 is 0.961 bits per heavy atom. The Bertz CT molecular complexity index is 1850. The molecular weight excluding hydrogens is 675 g/mol. The number of nitrogens with one attached hydrogen (secondary N) is 4. The lowest BCUT2D eigenvalue weighted by Gasteiger charge is -2.30. The van der Waals surface area contributed by atoms with Crippen LogP contribution in [-0.4, -0.2) is 84.1 Å². The molecular formula is C37H47N5O8S. The standard InChI is InChI=1S/C37H47N5O8S/c1-36(2,3)50-35(47)39-29-14-8-6-4-5-7-13-26-21-37(26,34(46)41-51(48,49)28-17-18-28)40-32(44)30-20-27(22-42(30)33(29)45)38-31(43)25-16-15-23-11-9-10-12-24(23)19-25/h7,9-13,15-16,19,26-30H,4-6,8,14,17-18,20-22H2,1-3H3,(H,38,43)(H,39,47)(H,40,44)(H,41,46)/t26-,27-,29+,30+,37-/m1/s1. The Morgan fingerprint density at radius 2 is 1.71 bits per heavy atom. The van der Waals surface area contributed by atoms with Crippen molar-refractivity contribution < 1.29 is 37.1 Å². The first kappa shape index (κ1) is 36.3. The monoisotopic (exact) mass is 721 g/mol. The topological polar surface area (TPSA) is 180 Å². The van der Waals surface area contributed by atoms with E-state index in [-0.39, 0.29) is 25.3 Å². The van der Waals surface area contributed by atoms with Gasteiger partial charge in [0.2, 0.25) is 21.8 Å². The van der Waals surface area contributed by atoms with Crippen molar-refractivity contribution in [1.82, 2.24) is 25.6 Å². The largest absolute Gasteiger partial charge is 0.444 e. The molecule has 0 radical (unpaired) electrons. The number of fused-ring (bicyclic) bond motifs is 3. The molecule has 5 amide bonds. The molecule has 4 N–H and O–H groups in total. The van der Waals surface area contributed by atoms with Gasteiger partial charge in [0.25, 0.3) is 11.8 Å². The second-order valence-electron chi connectivity index (χ2n) is 15.2. The summed E-state index contributed by atoms with van der Waals surface area (Å²) in [7, 11) is -3.89. The van der Waals surface area contributed by atoms with Crippen LogP contribution in [0.2, 0.25) is 0 Å². The predicted molar refractivity (Wildman–Crippen MR) is 190 cm³/mol. The summed E-state index contributed by atoms with van der Waals surface area (Å²) in [6.45, 7) is 5.13. The van der Waals surface area contributed by atoms with Gasteiger partial charge in [-0.15, -0.1) is 0 Å². The highest BCUT2D eigenvalue weighted by molar-refractivity contribution is 7.91. The molecule has 0 bridgehead atoms. The number of hydrogen-bond acceptors (Lipinski definition) is 8. The van der Waals surface area contributed by atoms with E-state index in [2.05, 4.69) is 20.7 Å². The molecule has 1 saturated heterocycles. The van der Waals surface area contributed by atoms with Gasteiger partial charge in [-0.05, 0) is 88.6 Å². The molecule has 0 aromatic heterocycles. The summed E-state index contributed by atoms with van der Waals surface area (Å²) in [6, 6.07) is 10.2. The van der Waals surface area contributed by atoms with E-state index in [0.29, 0.717) is 37.7 Å². The van der Waals surface area contributed by atoms with Crippen LogP contribution in [0.3, 0.4) is 0 Å². The second-order valence-corrected chi connectivity index (χ2v) is 17.1.